The molecule has 0 heterocycles. The molecule has 0 unspecified atom stereocenters. The molecule has 0 aliphatic heterocycles. The van der Waals surface area contributed by atoms with Crippen molar-refractivity contribution in [3.05, 3.63) is 35.4 Å². The maximum atomic E-state index is 10.3. The van der Waals surface area contributed by atoms with Crippen molar-refractivity contribution >= 4 is 11.9 Å². The fourth-order valence-electron chi connectivity index (χ4n) is 1.43. The summed E-state index contributed by atoms with van der Waals surface area (Å²) in [4.78, 5) is 20.6. The van der Waals surface area contributed by atoms with Crippen LogP contribution in [0.1, 0.15) is 60.2 Å². The van der Waals surface area contributed by atoms with E-state index in [0.29, 0.717) is 0 Å². The van der Waals surface area contributed by atoms with E-state index in [1.54, 1.807) is 0 Å². The standard InChI is InChI=1S/C8H6O4.C8H18O.2Na/c9-7(10)5-3-1-2-4-6(5)8(11)12;1-3-5-7-9-8-6-4-2;;/h1-4H,(H,9,10)(H,11,12);3-8H2,1-2H3;;/q;;2*+1/p-2. The average Bonchev–Trinajstić information content (AvgIpc) is 2.48. The maximum Gasteiger partial charge on any atom is 1.00 e. The Hall–Kier alpha value is 0.120. The largest absolute Gasteiger partial charge is 1.00 e. The Morgan fingerprint density at radius 1 is 0.870 bits per heavy atom. The van der Waals surface area contributed by atoms with E-state index < -0.39 is 11.9 Å². The van der Waals surface area contributed by atoms with E-state index in [2.05, 4.69) is 13.8 Å². The van der Waals surface area contributed by atoms with Gasteiger partial charge < -0.3 is 24.5 Å². The van der Waals surface area contributed by atoms with Crippen molar-refractivity contribution in [3.8, 4) is 0 Å². The zero-order chi connectivity index (χ0) is 16.1. The summed E-state index contributed by atoms with van der Waals surface area (Å²) in [5.74, 6) is -3.04. The first kappa shape index (κ1) is 27.9. The minimum atomic E-state index is -1.52. The van der Waals surface area contributed by atoms with Gasteiger partial charge >= 0.3 is 59.1 Å². The fraction of sp³-hybridized carbons (Fsp3) is 0.500. The van der Waals surface area contributed by atoms with E-state index in [9.17, 15) is 19.8 Å². The monoisotopic (exact) mass is 340 g/mol. The summed E-state index contributed by atoms with van der Waals surface area (Å²) >= 11 is 0. The van der Waals surface area contributed by atoms with E-state index in [4.69, 9.17) is 4.74 Å². The van der Waals surface area contributed by atoms with E-state index in [1.807, 2.05) is 0 Å². The molecule has 0 spiro atoms. The van der Waals surface area contributed by atoms with Gasteiger partial charge in [-0.15, -0.1) is 0 Å². The molecule has 0 N–H and O–H groups in total. The molecular formula is C16H22Na2O5. The Bertz CT molecular complexity index is 399. The minimum Gasteiger partial charge on any atom is -0.545 e. The summed E-state index contributed by atoms with van der Waals surface area (Å²) < 4.78 is 5.31. The van der Waals surface area contributed by atoms with Gasteiger partial charge in [-0.1, -0.05) is 51.0 Å². The van der Waals surface area contributed by atoms with Gasteiger partial charge in [-0.3, -0.25) is 0 Å². The van der Waals surface area contributed by atoms with E-state index >= 15 is 0 Å². The topological polar surface area (TPSA) is 89.5 Å². The summed E-state index contributed by atoms with van der Waals surface area (Å²) in [6.07, 6.45) is 4.91. The van der Waals surface area contributed by atoms with Crippen molar-refractivity contribution in [2.75, 3.05) is 13.2 Å². The van der Waals surface area contributed by atoms with Gasteiger partial charge in [0.15, 0.2) is 0 Å². The quantitative estimate of drug-likeness (QED) is 0.349. The van der Waals surface area contributed by atoms with Gasteiger partial charge in [-0.2, -0.15) is 0 Å². The normalized spacial score (nSPS) is 8.78. The van der Waals surface area contributed by atoms with Gasteiger partial charge in [0.2, 0.25) is 0 Å². The van der Waals surface area contributed by atoms with Gasteiger partial charge in [0.05, 0.1) is 11.9 Å². The van der Waals surface area contributed by atoms with Crippen LogP contribution in [0.2, 0.25) is 0 Å². The third kappa shape index (κ3) is 14.2. The van der Waals surface area contributed by atoms with Gasteiger partial charge in [-0.25, -0.2) is 0 Å². The van der Waals surface area contributed by atoms with Crippen molar-refractivity contribution in [2.24, 2.45) is 0 Å². The Morgan fingerprint density at radius 3 is 1.48 bits per heavy atom. The number of unbranched alkanes of at least 4 members (excludes halogenated alkanes) is 2. The third-order valence-corrected chi connectivity index (χ3v) is 2.65. The van der Waals surface area contributed by atoms with Gasteiger partial charge in [-0.05, 0) is 12.8 Å². The molecule has 1 aromatic rings. The first-order valence-electron chi connectivity index (χ1n) is 7.14. The number of carbonyl (C=O) groups is 2. The number of carboxylic acids is 2. The SMILES string of the molecule is CCCCOCCCC.O=C([O-])c1ccccc1C(=O)[O-].[Na+].[Na+]. The molecule has 0 saturated carbocycles. The van der Waals surface area contributed by atoms with E-state index in [0.717, 1.165) is 25.3 Å². The number of hydrogen-bond donors (Lipinski definition) is 0. The Balaban J connectivity index is -0.000000332. The Kier molecular flexibility index (Phi) is 22.4. The molecule has 0 saturated heterocycles. The van der Waals surface area contributed by atoms with Crippen molar-refractivity contribution in [1.29, 1.82) is 0 Å². The first-order chi connectivity index (χ1) is 10.0. The molecule has 0 aliphatic carbocycles. The molecule has 118 valence electrons. The number of hydrogen-bond acceptors (Lipinski definition) is 5. The van der Waals surface area contributed by atoms with E-state index in [1.165, 1.54) is 37.8 Å². The molecule has 1 rings (SSSR count). The van der Waals surface area contributed by atoms with Crippen molar-refractivity contribution in [2.45, 2.75) is 39.5 Å². The zero-order valence-electron chi connectivity index (χ0n) is 14.6. The first-order valence-corrected chi connectivity index (χ1v) is 7.14. The summed E-state index contributed by atoms with van der Waals surface area (Å²) in [7, 11) is 0. The molecule has 0 atom stereocenters. The number of aromatic carboxylic acids is 2. The van der Waals surface area contributed by atoms with Crippen molar-refractivity contribution in [3.63, 3.8) is 0 Å². The number of rotatable bonds is 8. The molecule has 0 aromatic heterocycles. The van der Waals surface area contributed by atoms with Crippen LogP contribution < -0.4 is 69.3 Å². The second kappa shape index (κ2) is 18.5. The average molecular weight is 340 g/mol. The molecule has 23 heavy (non-hydrogen) atoms. The maximum absolute atomic E-state index is 10.3. The predicted molar refractivity (Wildman–Crippen MR) is 75.7 cm³/mol. The molecule has 0 bridgehead atoms. The van der Waals surface area contributed by atoms with Crippen LogP contribution in [0.25, 0.3) is 0 Å². The number of ether oxygens (including phenoxy) is 1. The molecule has 0 aliphatic rings. The fourth-order valence-corrected chi connectivity index (χ4v) is 1.43. The van der Waals surface area contributed by atoms with Crippen LogP contribution in [-0.4, -0.2) is 25.2 Å². The molecule has 0 fully saturated rings. The second-order valence-electron chi connectivity index (χ2n) is 4.44. The van der Waals surface area contributed by atoms with Crippen molar-refractivity contribution in [1.82, 2.24) is 0 Å². The van der Waals surface area contributed by atoms with Crippen LogP contribution >= 0.6 is 0 Å². The van der Waals surface area contributed by atoms with Gasteiger partial charge in [0.25, 0.3) is 0 Å². The molecular weight excluding hydrogens is 318 g/mol. The van der Waals surface area contributed by atoms with Crippen LogP contribution in [0.5, 0.6) is 0 Å². The third-order valence-electron chi connectivity index (χ3n) is 2.65. The van der Waals surface area contributed by atoms with Crippen LogP contribution in [0.3, 0.4) is 0 Å². The second-order valence-corrected chi connectivity index (χ2v) is 4.44. The molecule has 0 amide bonds. The van der Waals surface area contributed by atoms with Gasteiger partial charge in [0.1, 0.15) is 0 Å². The molecule has 1 aromatic carbocycles. The minimum absolute atomic E-state index is 0. The Labute approximate surface area is 182 Å². The number of benzene rings is 1. The van der Waals surface area contributed by atoms with Gasteiger partial charge in [0, 0.05) is 24.3 Å². The van der Waals surface area contributed by atoms with Crippen molar-refractivity contribution < 1.29 is 83.7 Å². The van der Waals surface area contributed by atoms with E-state index in [-0.39, 0.29) is 70.2 Å². The summed E-state index contributed by atoms with van der Waals surface area (Å²) in [5.41, 5.74) is -0.727. The summed E-state index contributed by atoms with van der Waals surface area (Å²) in [5, 5.41) is 20.6. The molecule has 7 heteroatoms. The zero-order valence-corrected chi connectivity index (χ0v) is 18.6. The predicted octanol–water partition coefficient (Wildman–Crippen LogP) is -4.98. The smallest absolute Gasteiger partial charge is 0.545 e. The number of carbonyl (C=O) groups excluding carboxylic acids is 2. The number of carboxylic acid groups (broad SMARTS) is 2. The molecule has 0 radical (unpaired) electrons. The van der Waals surface area contributed by atoms with Crippen LogP contribution in [-0.2, 0) is 4.74 Å². The molecule has 5 nitrogen and oxygen atoms in total. The summed E-state index contributed by atoms with van der Waals surface area (Å²) in [6.45, 7) is 6.28. The summed E-state index contributed by atoms with van der Waals surface area (Å²) in [6, 6.07) is 5.14. The Morgan fingerprint density at radius 2 is 1.22 bits per heavy atom. The van der Waals surface area contributed by atoms with Crippen LogP contribution in [0, 0.1) is 0 Å². The van der Waals surface area contributed by atoms with Crippen LogP contribution in [0.15, 0.2) is 24.3 Å². The van der Waals surface area contributed by atoms with Crippen LogP contribution in [0.4, 0.5) is 0 Å².